The number of carbonyl (C=O) groups excluding carboxylic acids is 2. The molecule has 0 saturated heterocycles. The first-order valence-electron chi connectivity index (χ1n) is 9.34. The average molecular weight is 408 g/mol. The van der Waals surface area contributed by atoms with E-state index in [1.807, 2.05) is 44.2 Å². The predicted molar refractivity (Wildman–Crippen MR) is 116 cm³/mol. The minimum absolute atomic E-state index is 0.211. The molecule has 3 rings (SSSR count). The third-order valence-corrected chi connectivity index (χ3v) is 4.76. The summed E-state index contributed by atoms with van der Waals surface area (Å²) in [7, 11) is 0. The molecule has 5 heteroatoms. The maximum Gasteiger partial charge on any atom is 0.311 e. The second kappa shape index (κ2) is 9.39. The highest BCUT2D eigenvalue weighted by Crippen LogP contribution is 2.19. The Morgan fingerprint density at radius 1 is 0.931 bits per heavy atom. The number of rotatable bonds is 6. The molecule has 0 heterocycles. The highest BCUT2D eigenvalue weighted by atomic mass is 35.5. The second-order valence-electron chi connectivity index (χ2n) is 6.90. The van der Waals surface area contributed by atoms with Crippen molar-refractivity contribution in [3.05, 3.63) is 94.0 Å². The van der Waals surface area contributed by atoms with Crippen LogP contribution in [0.3, 0.4) is 0 Å². The fraction of sp³-hybridized carbons (Fsp3) is 0.167. The molecule has 0 saturated carbocycles. The Bertz CT molecular complexity index is 1010. The van der Waals surface area contributed by atoms with E-state index < -0.39 is 0 Å². The lowest BCUT2D eigenvalue weighted by molar-refractivity contribution is -0.134. The Morgan fingerprint density at radius 3 is 2.28 bits per heavy atom. The molecule has 148 valence electrons. The Hall–Kier alpha value is -3.11. The summed E-state index contributed by atoms with van der Waals surface area (Å²) in [5.74, 6) is -0.126. The highest BCUT2D eigenvalue weighted by Gasteiger charge is 2.10. The number of halogens is 1. The fourth-order valence-electron chi connectivity index (χ4n) is 2.90. The molecule has 0 aromatic heterocycles. The number of amides is 1. The lowest BCUT2D eigenvalue weighted by atomic mass is 10.1. The monoisotopic (exact) mass is 407 g/mol. The predicted octanol–water partition coefficient (Wildman–Crippen LogP) is 5.75. The Labute approximate surface area is 175 Å². The first-order chi connectivity index (χ1) is 13.9. The van der Waals surface area contributed by atoms with Crippen LogP contribution in [-0.2, 0) is 11.2 Å². The normalized spacial score (nSPS) is 10.4. The first kappa shape index (κ1) is 20.6. The van der Waals surface area contributed by atoms with Crippen molar-refractivity contribution < 1.29 is 14.3 Å². The fourth-order valence-corrected chi connectivity index (χ4v) is 3.03. The summed E-state index contributed by atoms with van der Waals surface area (Å²) in [6.07, 6.45) is 0.836. The second-order valence-corrected chi connectivity index (χ2v) is 7.33. The van der Waals surface area contributed by atoms with Crippen molar-refractivity contribution in [2.24, 2.45) is 0 Å². The number of anilines is 1. The van der Waals surface area contributed by atoms with Gasteiger partial charge in [-0.3, -0.25) is 9.59 Å². The van der Waals surface area contributed by atoms with Crippen molar-refractivity contribution in [2.75, 3.05) is 5.32 Å². The number of hydrogen-bond acceptors (Lipinski definition) is 3. The highest BCUT2D eigenvalue weighted by molar-refractivity contribution is 6.30. The van der Waals surface area contributed by atoms with E-state index in [2.05, 4.69) is 5.32 Å². The van der Waals surface area contributed by atoms with E-state index in [1.54, 1.807) is 36.4 Å². The minimum atomic E-state index is -0.326. The van der Waals surface area contributed by atoms with Gasteiger partial charge in [-0.25, -0.2) is 0 Å². The van der Waals surface area contributed by atoms with Gasteiger partial charge >= 0.3 is 5.97 Å². The molecule has 0 fully saturated rings. The van der Waals surface area contributed by atoms with Crippen LogP contribution in [-0.4, -0.2) is 11.9 Å². The molecule has 0 bridgehead atoms. The van der Waals surface area contributed by atoms with Crippen molar-refractivity contribution in [2.45, 2.75) is 26.7 Å². The van der Waals surface area contributed by atoms with Gasteiger partial charge in [0, 0.05) is 22.7 Å². The molecule has 0 aliphatic carbocycles. The van der Waals surface area contributed by atoms with E-state index in [0.29, 0.717) is 22.8 Å². The van der Waals surface area contributed by atoms with Crippen molar-refractivity contribution in [1.29, 1.82) is 0 Å². The van der Waals surface area contributed by atoms with Gasteiger partial charge in [0.15, 0.2) is 0 Å². The molecule has 0 atom stereocenters. The molecular weight excluding hydrogens is 386 g/mol. The van der Waals surface area contributed by atoms with Gasteiger partial charge in [0.2, 0.25) is 0 Å². The number of nitrogens with one attached hydrogen (secondary N) is 1. The van der Waals surface area contributed by atoms with Crippen LogP contribution < -0.4 is 10.1 Å². The molecule has 3 aromatic carbocycles. The summed E-state index contributed by atoms with van der Waals surface area (Å²) in [5.41, 5.74) is 4.43. The van der Waals surface area contributed by atoms with E-state index in [0.717, 1.165) is 22.4 Å². The van der Waals surface area contributed by atoms with Crippen LogP contribution in [0.1, 0.15) is 33.5 Å². The largest absolute Gasteiger partial charge is 0.427 e. The van der Waals surface area contributed by atoms with Gasteiger partial charge in [0.1, 0.15) is 5.75 Å². The molecular formula is C24H22ClNO3. The van der Waals surface area contributed by atoms with Gasteiger partial charge in [0.25, 0.3) is 5.91 Å². The lowest BCUT2D eigenvalue weighted by Crippen LogP contribution is -2.13. The Morgan fingerprint density at radius 2 is 1.62 bits per heavy atom. The molecule has 0 radical (unpaired) electrons. The topological polar surface area (TPSA) is 55.4 Å². The van der Waals surface area contributed by atoms with Gasteiger partial charge in [-0.05, 0) is 73.9 Å². The van der Waals surface area contributed by atoms with Crippen LogP contribution in [0.5, 0.6) is 5.75 Å². The van der Waals surface area contributed by atoms with E-state index in [-0.39, 0.29) is 18.3 Å². The summed E-state index contributed by atoms with van der Waals surface area (Å²) in [6.45, 7) is 3.96. The molecule has 0 aliphatic rings. The number of hydrogen-bond donors (Lipinski definition) is 1. The molecule has 0 unspecified atom stereocenters. The summed E-state index contributed by atoms with van der Waals surface area (Å²) >= 11 is 5.86. The van der Waals surface area contributed by atoms with Crippen LogP contribution in [0, 0.1) is 13.8 Å². The molecule has 4 nitrogen and oxygen atoms in total. The number of esters is 1. The molecule has 1 amide bonds. The maximum absolute atomic E-state index is 12.4. The maximum atomic E-state index is 12.4. The van der Waals surface area contributed by atoms with Crippen LogP contribution in [0.4, 0.5) is 5.69 Å². The van der Waals surface area contributed by atoms with E-state index >= 15 is 0 Å². The van der Waals surface area contributed by atoms with Crippen LogP contribution in [0.25, 0.3) is 0 Å². The number of carbonyl (C=O) groups is 2. The number of benzene rings is 3. The van der Waals surface area contributed by atoms with Crippen LogP contribution >= 0.6 is 11.6 Å². The van der Waals surface area contributed by atoms with E-state index in [1.165, 1.54) is 0 Å². The summed E-state index contributed by atoms with van der Waals surface area (Å²) in [4.78, 5) is 24.5. The molecule has 0 spiro atoms. The summed E-state index contributed by atoms with van der Waals surface area (Å²) in [5, 5.41) is 3.57. The molecule has 0 aliphatic heterocycles. The quantitative estimate of drug-likeness (QED) is 0.418. The van der Waals surface area contributed by atoms with Gasteiger partial charge in [-0.1, -0.05) is 41.4 Å². The van der Waals surface area contributed by atoms with Gasteiger partial charge < -0.3 is 10.1 Å². The standard InChI is InChI=1S/C24H22ClNO3/c1-16-3-13-22(17(2)15-16)26-24(28)19-7-11-21(12-8-19)29-23(27)14-6-18-4-9-20(25)10-5-18/h3-5,7-13,15H,6,14H2,1-2H3,(H,26,28). The van der Waals surface area contributed by atoms with Crippen molar-refractivity contribution >= 4 is 29.2 Å². The SMILES string of the molecule is Cc1ccc(NC(=O)c2ccc(OC(=O)CCc3ccc(Cl)cc3)cc2)c(C)c1. The molecule has 1 N–H and O–H groups in total. The number of ether oxygens (including phenoxy) is 1. The molecule has 29 heavy (non-hydrogen) atoms. The van der Waals surface area contributed by atoms with E-state index in [4.69, 9.17) is 16.3 Å². The van der Waals surface area contributed by atoms with Gasteiger partial charge in [0.05, 0.1) is 0 Å². The smallest absolute Gasteiger partial charge is 0.311 e. The Kier molecular flexibility index (Phi) is 6.68. The van der Waals surface area contributed by atoms with Gasteiger partial charge in [-0.2, -0.15) is 0 Å². The van der Waals surface area contributed by atoms with Crippen LogP contribution in [0.15, 0.2) is 66.7 Å². The zero-order chi connectivity index (χ0) is 20.8. The third kappa shape index (κ3) is 5.93. The Balaban J connectivity index is 1.54. The van der Waals surface area contributed by atoms with Crippen molar-refractivity contribution in [1.82, 2.24) is 0 Å². The lowest BCUT2D eigenvalue weighted by Gasteiger charge is -2.10. The van der Waals surface area contributed by atoms with Crippen molar-refractivity contribution in [3.63, 3.8) is 0 Å². The van der Waals surface area contributed by atoms with Gasteiger partial charge in [-0.15, -0.1) is 0 Å². The zero-order valence-electron chi connectivity index (χ0n) is 16.4. The summed E-state index contributed by atoms with van der Waals surface area (Å²) in [6, 6.07) is 19.7. The van der Waals surface area contributed by atoms with Crippen molar-refractivity contribution in [3.8, 4) is 5.75 Å². The number of aryl methyl sites for hydroxylation is 3. The minimum Gasteiger partial charge on any atom is -0.427 e. The molecule has 3 aromatic rings. The third-order valence-electron chi connectivity index (χ3n) is 4.51. The zero-order valence-corrected chi connectivity index (χ0v) is 17.1. The average Bonchev–Trinajstić information content (AvgIpc) is 2.70. The van der Waals surface area contributed by atoms with E-state index in [9.17, 15) is 9.59 Å². The summed E-state index contributed by atoms with van der Waals surface area (Å²) < 4.78 is 5.35. The van der Waals surface area contributed by atoms with Crippen LogP contribution in [0.2, 0.25) is 5.02 Å². The first-order valence-corrected chi connectivity index (χ1v) is 9.72.